The average Bonchev–Trinajstić information content (AvgIpc) is 3.52. The fourth-order valence-corrected chi connectivity index (χ4v) is 5.36. The number of benzene rings is 2. The molecule has 0 radical (unpaired) electrons. The molecular formula is C31H28N6O8. The Kier molecular flexibility index (Phi) is 6.97. The van der Waals surface area contributed by atoms with Crippen LogP contribution in [0.3, 0.4) is 0 Å². The molecule has 2 atom stereocenters. The molecule has 5 N–H and O–H groups in total. The van der Waals surface area contributed by atoms with Crippen molar-refractivity contribution >= 4 is 35.2 Å². The molecule has 6 rings (SSSR count). The molecule has 45 heavy (non-hydrogen) atoms. The summed E-state index contributed by atoms with van der Waals surface area (Å²) < 4.78 is 1.22. The number of fused-ring (bicyclic) bond motifs is 2. The highest BCUT2D eigenvalue weighted by Crippen LogP contribution is 2.21. The Labute approximate surface area is 254 Å². The predicted molar refractivity (Wildman–Crippen MR) is 163 cm³/mol. The van der Waals surface area contributed by atoms with Gasteiger partial charge in [0.1, 0.15) is 0 Å². The van der Waals surface area contributed by atoms with Crippen LogP contribution in [0.15, 0.2) is 80.4 Å². The van der Waals surface area contributed by atoms with Gasteiger partial charge in [0.15, 0.2) is 17.2 Å². The third kappa shape index (κ3) is 4.88. The second kappa shape index (κ2) is 10.8. The van der Waals surface area contributed by atoms with Gasteiger partial charge in [0, 0.05) is 14.0 Å². The van der Waals surface area contributed by atoms with E-state index in [2.05, 4.69) is 20.2 Å². The number of aliphatic hydroxyl groups excluding tert-OH is 1. The Bertz CT molecular complexity index is 2340. The molecule has 4 heterocycles. The summed E-state index contributed by atoms with van der Waals surface area (Å²) in [6.07, 6.45) is 3.38. The summed E-state index contributed by atoms with van der Waals surface area (Å²) in [5.41, 5.74) is 1.22. The Hall–Kier alpha value is -6.15. The summed E-state index contributed by atoms with van der Waals surface area (Å²) in [5, 5.41) is 37.7. The Balaban J connectivity index is 0.00000250. The largest absolute Gasteiger partial charge is 0.478 e. The summed E-state index contributed by atoms with van der Waals surface area (Å²) >= 11 is 0. The molecule has 0 saturated carbocycles. The standard InChI is InChI=1S/C31H24N6O8.2H2/c1-14-20(26(38)32-24-22(14)28(40)36(34-24)18-10-6-16(7-11-18)30(42)43)4-3-5-21-15(2)23-25(33-27(21)39)35-37(29(23)41)19-12-8-17(9-13-19)31(44)45;;/h3-13,20,26,38H,1-2H3,(H,32,34)(H,42,43)(H,44,45)(H,33,35,39);2*1H. The summed E-state index contributed by atoms with van der Waals surface area (Å²) in [7, 11) is 0. The lowest BCUT2D eigenvalue weighted by Crippen LogP contribution is -2.43. The van der Waals surface area contributed by atoms with E-state index < -0.39 is 41.1 Å². The van der Waals surface area contributed by atoms with Crippen LogP contribution in [0, 0.1) is 12.8 Å². The molecule has 14 nitrogen and oxygen atoms in total. The van der Waals surface area contributed by atoms with E-state index in [4.69, 9.17) is 10.2 Å². The van der Waals surface area contributed by atoms with Crippen LogP contribution >= 0.6 is 0 Å². The molecule has 230 valence electrons. The number of carbonyl (C=O) groups excluding carboxylic acids is 1. The van der Waals surface area contributed by atoms with Crippen LogP contribution in [0.5, 0.6) is 0 Å². The predicted octanol–water partition coefficient (Wildman–Crippen LogP) is 0.0210. The Morgan fingerprint density at radius 1 is 0.911 bits per heavy atom. The number of aromatic nitrogens is 3. The molecular weight excluding hydrogens is 584 g/mol. The van der Waals surface area contributed by atoms with Crippen molar-refractivity contribution in [1.29, 1.82) is 0 Å². The Morgan fingerprint density at radius 3 is 2.11 bits per heavy atom. The molecule has 0 spiro atoms. The topological polar surface area (TPSA) is 211 Å². The van der Waals surface area contributed by atoms with Crippen LogP contribution in [0.4, 0.5) is 5.69 Å². The van der Waals surface area contributed by atoms with E-state index in [1.165, 1.54) is 65.4 Å². The van der Waals surface area contributed by atoms with Gasteiger partial charge >= 0.3 is 11.9 Å². The van der Waals surface area contributed by atoms with Crippen molar-refractivity contribution in [2.24, 2.45) is 16.0 Å². The van der Waals surface area contributed by atoms with Crippen LogP contribution in [-0.4, -0.2) is 54.2 Å². The molecule has 4 aromatic rings. The van der Waals surface area contributed by atoms with E-state index in [1.54, 1.807) is 19.9 Å². The molecule has 2 unspecified atom stereocenters. The molecule has 0 aliphatic carbocycles. The van der Waals surface area contributed by atoms with Crippen molar-refractivity contribution in [3.05, 3.63) is 125 Å². The zero-order valence-corrected chi connectivity index (χ0v) is 23.7. The first-order valence-electron chi connectivity index (χ1n) is 13.6. The number of carboxylic acid groups (broad SMARTS) is 2. The zero-order chi connectivity index (χ0) is 32.2. The van der Waals surface area contributed by atoms with Gasteiger partial charge in [-0.3, -0.25) is 19.5 Å². The van der Waals surface area contributed by atoms with Gasteiger partial charge in [0.05, 0.1) is 33.3 Å². The smallest absolute Gasteiger partial charge is 0.335 e. The van der Waals surface area contributed by atoms with E-state index in [-0.39, 0.29) is 41.0 Å². The van der Waals surface area contributed by atoms with E-state index in [0.29, 0.717) is 22.5 Å². The van der Waals surface area contributed by atoms with Crippen molar-refractivity contribution in [3.8, 4) is 5.69 Å². The summed E-state index contributed by atoms with van der Waals surface area (Å²) in [6.45, 7) is 3.29. The summed E-state index contributed by atoms with van der Waals surface area (Å²) in [4.78, 5) is 68.7. The van der Waals surface area contributed by atoms with Gasteiger partial charge in [-0.25, -0.2) is 19.3 Å². The van der Waals surface area contributed by atoms with Gasteiger partial charge in [-0.1, -0.05) is 12.2 Å². The summed E-state index contributed by atoms with van der Waals surface area (Å²) in [6, 6.07) is 11.3. The van der Waals surface area contributed by atoms with Gasteiger partial charge in [0.2, 0.25) is 0 Å². The van der Waals surface area contributed by atoms with Crippen molar-refractivity contribution in [3.63, 3.8) is 0 Å². The number of carboxylic acids is 2. The van der Waals surface area contributed by atoms with Crippen molar-refractivity contribution < 1.29 is 32.6 Å². The number of rotatable bonds is 6. The molecule has 0 fully saturated rings. The minimum absolute atomic E-state index is 0. The van der Waals surface area contributed by atoms with Crippen LogP contribution in [0.1, 0.15) is 46.4 Å². The average molecular weight is 613 g/mol. The molecule has 2 aromatic carbocycles. The number of anilines is 1. The van der Waals surface area contributed by atoms with Crippen molar-refractivity contribution in [2.45, 2.75) is 20.1 Å². The van der Waals surface area contributed by atoms with Gasteiger partial charge in [-0.2, -0.15) is 5.01 Å². The van der Waals surface area contributed by atoms with E-state index >= 15 is 0 Å². The maximum Gasteiger partial charge on any atom is 0.335 e. The van der Waals surface area contributed by atoms with Crippen molar-refractivity contribution in [2.75, 3.05) is 5.01 Å². The lowest BCUT2D eigenvalue weighted by Gasteiger charge is -2.19. The Morgan fingerprint density at radius 2 is 1.51 bits per heavy atom. The fraction of sp³-hybridized carbons (Fsp3) is 0.129. The number of nitrogens with one attached hydrogen (secondary N) is 2. The number of carbonyl (C=O) groups is 3. The van der Waals surface area contributed by atoms with Gasteiger partial charge in [-0.15, -0.1) is 5.10 Å². The highest BCUT2D eigenvalue weighted by atomic mass is 16.4. The van der Waals surface area contributed by atoms with E-state index in [1.807, 2.05) is 0 Å². The first-order chi connectivity index (χ1) is 21.5. The summed E-state index contributed by atoms with van der Waals surface area (Å²) in [5.74, 6) is -3.42. The number of aromatic amines is 2. The number of aliphatic hydroxyl groups is 1. The van der Waals surface area contributed by atoms with Gasteiger partial charge in [-0.05, 0) is 79.6 Å². The second-order valence-corrected chi connectivity index (χ2v) is 10.4. The number of allylic oxidation sites excluding steroid dienone is 1. The van der Waals surface area contributed by atoms with Gasteiger partial charge < -0.3 is 20.3 Å². The fourth-order valence-electron chi connectivity index (χ4n) is 5.36. The second-order valence-electron chi connectivity index (χ2n) is 10.4. The highest BCUT2D eigenvalue weighted by Gasteiger charge is 2.29. The first kappa shape index (κ1) is 28.9. The van der Waals surface area contributed by atoms with Crippen LogP contribution in [-0.2, 0) is 0 Å². The number of hydrogen-bond acceptors (Lipinski definition) is 8. The quantitative estimate of drug-likeness (QED) is 0.200. The number of pyridine rings is 1. The number of H-pyrrole nitrogens is 2. The van der Waals surface area contributed by atoms with Gasteiger partial charge in [0.25, 0.3) is 17.0 Å². The maximum atomic E-state index is 13.3. The van der Waals surface area contributed by atoms with E-state index in [0.717, 1.165) is 5.01 Å². The number of nitrogens with zero attached hydrogens (tertiary/aromatic N) is 4. The van der Waals surface area contributed by atoms with Crippen LogP contribution in [0.2, 0.25) is 0 Å². The number of amides is 1. The minimum atomic E-state index is -1.25. The third-order valence-electron chi connectivity index (χ3n) is 7.76. The zero-order valence-electron chi connectivity index (χ0n) is 23.7. The lowest BCUT2D eigenvalue weighted by molar-refractivity contribution is 0.0686. The minimum Gasteiger partial charge on any atom is -0.478 e. The molecule has 0 bridgehead atoms. The first-order valence-corrected chi connectivity index (χ1v) is 13.6. The van der Waals surface area contributed by atoms with Crippen LogP contribution < -0.4 is 37.5 Å². The monoisotopic (exact) mass is 612 g/mol. The SMILES string of the molecule is CC1=c2c([nH]n(-c3ccc(C(=O)O)cc3)c2=O)=NC(O)C1C=CC=c1c(C)c2c([nH]c1=O)=NN(c1ccc(C(=O)O)cc1)C2=O.[HH].[HH]. The normalized spacial score (nSPS) is 17.7. The number of hydrogen-bond donors (Lipinski definition) is 5. The number of aromatic carboxylic acids is 2. The third-order valence-corrected chi connectivity index (χ3v) is 7.76. The molecule has 2 aromatic heterocycles. The van der Waals surface area contributed by atoms with Crippen LogP contribution in [0.25, 0.3) is 17.3 Å². The lowest BCUT2D eigenvalue weighted by atomic mass is 9.95. The molecule has 0 saturated heterocycles. The van der Waals surface area contributed by atoms with E-state index in [9.17, 15) is 29.1 Å². The molecule has 2 aliphatic rings. The highest BCUT2D eigenvalue weighted by molar-refractivity contribution is 6.08. The molecule has 2 aliphatic heterocycles. The molecule has 1 amide bonds. The molecule has 14 heteroatoms. The van der Waals surface area contributed by atoms with Crippen molar-refractivity contribution in [1.82, 2.24) is 14.8 Å². The maximum absolute atomic E-state index is 13.3.